The fourth-order valence-electron chi connectivity index (χ4n) is 2.24. The third kappa shape index (κ3) is 2.54. The van der Waals surface area contributed by atoms with E-state index in [0.29, 0.717) is 18.0 Å². The van der Waals surface area contributed by atoms with Crippen LogP contribution < -0.4 is 0 Å². The van der Waals surface area contributed by atoms with Gasteiger partial charge in [-0.2, -0.15) is 0 Å². The van der Waals surface area contributed by atoms with Gasteiger partial charge in [0.15, 0.2) is 0 Å². The van der Waals surface area contributed by atoms with Gasteiger partial charge in [-0.15, -0.1) is 11.3 Å². The lowest BCUT2D eigenvalue weighted by Crippen LogP contribution is -2.38. The molecule has 0 radical (unpaired) electrons. The van der Waals surface area contributed by atoms with Crippen molar-refractivity contribution in [1.82, 2.24) is 4.90 Å². The summed E-state index contributed by atoms with van der Waals surface area (Å²) in [4.78, 5) is 15.6. The molecule has 1 aliphatic rings. The maximum absolute atomic E-state index is 12.6. The van der Waals surface area contributed by atoms with E-state index < -0.39 is 0 Å². The Balaban J connectivity index is 2.25. The third-order valence-electron chi connectivity index (χ3n) is 3.24. The first-order valence-corrected chi connectivity index (χ1v) is 7.30. The topological polar surface area (TPSA) is 20.3 Å². The molecule has 94 valence electrons. The van der Waals surface area contributed by atoms with Gasteiger partial charge in [-0.1, -0.05) is 13.8 Å². The minimum Gasteiger partial charge on any atom is -0.333 e. The fraction of sp³-hybridized carbons (Fsp3) is 0.643. The van der Waals surface area contributed by atoms with Gasteiger partial charge in [0.25, 0.3) is 5.91 Å². The van der Waals surface area contributed by atoms with E-state index in [1.54, 1.807) is 11.3 Å². The molecule has 0 unspecified atom stereocenters. The molecule has 0 bridgehead atoms. The van der Waals surface area contributed by atoms with Crippen molar-refractivity contribution in [3.8, 4) is 0 Å². The Morgan fingerprint density at radius 2 is 2.00 bits per heavy atom. The van der Waals surface area contributed by atoms with Crippen molar-refractivity contribution in [2.24, 2.45) is 0 Å². The highest BCUT2D eigenvalue weighted by Crippen LogP contribution is 2.33. The van der Waals surface area contributed by atoms with E-state index >= 15 is 0 Å². The molecule has 0 N–H and O–H groups in total. The smallest absolute Gasteiger partial charge is 0.264 e. The largest absolute Gasteiger partial charge is 0.333 e. The molecular formula is C14H21NOS. The zero-order chi connectivity index (χ0) is 12.6. The zero-order valence-electron chi connectivity index (χ0n) is 11.1. The third-order valence-corrected chi connectivity index (χ3v) is 4.16. The molecule has 17 heavy (non-hydrogen) atoms. The summed E-state index contributed by atoms with van der Waals surface area (Å²) in [6.07, 6.45) is 2.35. The highest BCUT2D eigenvalue weighted by Gasteiger charge is 2.35. The summed E-state index contributed by atoms with van der Waals surface area (Å²) in [5.74, 6) is 0.662. The molecule has 0 atom stereocenters. The summed E-state index contributed by atoms with van der Waals surface area (Å²) in [5, 5.41) is 2.04. The lowest BCUT2D eigenvalue weighted by atomic mass is 10.0. The molecule has 0 saturated heterocycles. The second-order valence-corrected chi connectivity index (χ2v) is 6.31. The normalized spacial score (nSPS) is 15.6. The standard InChI is InChI=1S/C14H21NOS/c1-9(2)12-7-8-17-13(12)14(16)15(10(3)4)11-5-6-11/h7-11H,5-6H2,1-4H3. The van der Waals surface area contributed by atoms with Crippen LogP contribution in [0.15, 0.2) is 11.4 Å². The van der Waals surface area contributed by atoms with Crippen molar-refractivity contribution in [3.05, 3.63) is 21.9 Å². The average molecular weight is 251 g/mol. The second kappa shape index (κ2) is 4.81. The molecular weight excluding hydrogens is 230 g/mol. The molecule has 1 fully saturated rings. The number of carbonyl (C=O) groups is 1. The number of carbonyl (C=O) groups excluding carboxylic acids is 1. The highest BCUT2D eigenvalue weighted by atomic mass is 32.1. The minimum absolute atomic E-state index is 0.237. The summed E-state index contributed by atoms with van der Waals surface area (Å²) < 4.78 is 0. The van der Waals surface area contributed by atoms with E-state index in [9.17, 15) is 4.79 Å². The Kier molecular flexibility index (Phi) is 3.57. The van der Waals surface area contributed by atoms with Crippen molar-refractivity contribution in [2.75, 3.05) is 0 Å². The maximum Gasteiger partial charge on any atom is 0.264 e. The molecule has 2 nitrogen and oxygen atoms in total. The van der Waals surface area contributed by atoms with E-state index in [1.165, 1.54) is 18.4 Å². The first-order valence-electron chi connectivity index (χ1n) is 6.42. The van der Waals surface area contributed by atoms with Gasteiger partial charge in [0.05, 0.1) is 4.88 Å². The summed E-state index contributed by atoms with van der Waals surface area (Å²) >= 11 is 1.59. The molecule has 0 aromatic carbocycles. The van der Waals surface area contributed by atoms with Crippen molar-refractivity contribution in [2.45, 2.75) is 58.5 Å². The van der Waals surface area contributed by atoms with Crippen molar-refractivity contribution in [3.63, 3.8) is 0 Å². The van der Waals surface area contributed by atoms with Crippen LogP contribution in [0.3, 0.4) is 0 Å². The Labute approximate surface area is 108 Å². The molecule has 2 rings (SSSR count). The summed E-state index contributed by atoms with van der Waals surface area (Å²) in [6, 6.07) is 2.88. The van der Waals surface area contributed by atoms with E-state index in [2.05, 4.69) is 38.7 Å². The molecule has 1 heterocycles. The van der Waals surface area contributed by atoms with Crippen molar-refractivity contribution < 1.29 is 4.79 Å². The number of hydrogen-bond donors (Lipinski definition) is 0. The molecule has 1 amide bonds. The van der Waals surface area contributed by atoms with E-state index in [1.807, 2.05) is 5.38 Å². The van der Waals surface area contributed by atoms with Crippen LogP contribution in [0.5, 0.6) is 0 Å². The molecule has 0 aliphatic heterocycles. The molecule has 3 heteroatoms. The maximum atomic E-state index is 12.6. The predicted molar refractivity (Wildman–Crippen MR) is 72.7 cm³/mol. The summed E-state index contributed by atoms with van der Waals surface area (Å²) in [6.45, 7) is 8.52. The van der Waals surface area contributed by atoms with Crippen LogP contribution in [-0.4, -0.2) is 22.9 Å². The summed E-state index contributed by atoms with van der Waals surface area (Å²) in [7, 11) is 0. The van der Waals surface area contributed by atoms with Crippen LogP contribution in [0.1, 0.15) is 61.7 Å². The minimum atomic E-state index is 0.237. The lowest BCUT2D eigenvalue weighted by molar-refractivity contribution is 0.0694. The summed E-state index contributed by atoms with van der Waals surface area (Å²) in [5.41, 5.74) is 1.20. The van der Waals surface area contributed by atoms with E-state index in [0.717, 1.165) is 4.88 Å². The van der Waals surface area contributed by atoms with Gasteiger partial charge in [0, 0.05) is 12.1 Å². The number of rotatable bonds is 4. The van der Waals surface area contributed by atoms with Gasteiger partial charge in [-0.3, -0.25) is 4.79 Å². The van der Waals surface area contributed by atoms with Crippen molar-refractivity contribution in [1.29, 1.82) is 0 Å². The Bertz CT molecular complexity index is 402. The monoisotopic (exact) mass is 251 g/mol. The van der Waals surface area contributed by atoms with Gasteiger partial charge < -0.3 is 4.90 Å². The van der Waals surface area contributed by atoms with Gasteiger partial charge in [-0.05, 0) is 49.6 Å². The van der Waals surface area contributed by atoms with E-state index in [4.69, 9.17) is 0 Å². The molecule has 1 aromatic heterocycles. The number of hydrogen-bond acceptors (Lipinski definition) is 2. The van der Waals surface area contributed by atoms with E-state index in [-0.39, 0.29) is 5.91 Å². The first-order chi connectivity index (χ1) is 8.02. The second-order valence-electron chi connectivity index (χ2n) is 5.40. The predicted octanol–water partition coefficient (Wildman–Crippen LogP) is 3.88. The van der Waals surface area contributed by atoms with Crippen molar-refractivity contribution >= 4 is 17.2 Å². The van der Waals surface area contributed by atoms with Crippen LogP contribution in [0, 0.1) is 0 Å². The lowest BCUT2D eigenvalue weighted by Gasteiger charge is -2.27. The quantitative estimate of drug-likeness (QED) is 0.795. The van der Waals surface area contributed by atoms with Gasteiger partial charge in [-0.25, -0.2) is 0 Å². The zero-order valence-corrected chi connectivity index (χ0v) is 11.9. The highest BCUT2D eigenvalue weighted by molar-refractivity contribution is 7.12. The van der Waals surface area contributed by atoms with Gasteiger partial charge >= 0.3 is 0 Å². The van der Waals surface area contributed by atoms with Crippen LogP contribution in [-0.2, 0) is 0 Å². The average Bonchev–Trinajstić information content (AvgIpc) is 2.94. The molecule has 1 saturated carbocycles. The van der Waals surface area contributed by atoms with Crippen LogP contribution in [0.4, 0.5) is 0 Å². The van der Waals surface area contributed by atoms with Gasteiger partial charge in [0.1, 0.15) is 0 Å². The Morgan fingerprint density at radius 1 is 1.35 bits per heavy atom. The molecule has 1 aromatic rings. The Hall–Kier alpha value is -0.830. The van der Waals surface area contributed by atoms with Crippen LogP contribution in [0.2, 0.25) is 0 Å². The van der Waals surface area contributed by atoms with Gasteiger partial charge in [0.2, 0.25) is 0 Å². The van der Waals surface area contributed by atoms with Crippen LogP contribution >= 0.6 is 11.3 Å². The number of nitrogens with zero attached hydrogens (tertiary/aromatic N) is 1. The molecule has 1 aliphatic carbocycles. The number of amides is 1. The fourth-order valence-corrected chi connectivity index (χ4v) is 3.24. The SMILES string of the molecule is CC(C)c1ccsc1C(=O)N(C(C)C)C1CC1. The van der Waals surface area contributed by atoms with Crippen LogP contribution in [0.25, 0.3) is 0 Å². The Morgan fingerprint density at radius 3 is 2.47 bits per heavy atom. The molecule has 0 spiro atoms. The first kappa shape index (κ1) is 12.6. The number of thiophene rings is 1.